The topological polar surface area (TPSA) is 49.4 Å². The van der Waals surface area contributed by atoms with E-state index in [0.717, 1.165) is 18.9 Å². The van der Waals surface area contributed by atoms with Crippen LogP contribution in [-0.4, -0.2) is 35.3 Å². The van der Waals surface area contributed by atoms with E-state index >= 15 is 0 Å². The van der Waals surface area contributed by atoms with Crippen LogP contribution in [0.1, 0.15) is 53.4 Å². The molecule has 1 aliphatic carbocycles. The molecule has 0 aromatic heterocycles. The van der Waals surface area contributed by atoms with Gasteiger partial charge in [-0.1, -0.05) is 47.0 Å². The van der Waals surface area contributed by atoms with Crippen molar-refractivity contribution in [1.82, 2.24) is 10.2 Å². The molecule has 2 amide bonds. The summed E-state index contributed by atoms with van der Waals surface area (Å²) in [4.78, 5) is 26.8. The highest BCUT2D eigenvalue weighted by molar-refractivity contribution is 5.97. The Hall–Kier alpha value is -1.06. The van der Waals surface area contributed by atoms with E-state index in [2.05, 4.69) is 5.32 Å². The van der Waals surface area contributed by atoms with Crippen molar-refractivity contribution in [1.29, 1.82) is 0 Å². The minimum absolute atomic E-state index is 0.0203. The summed E-state index contributed by atoms with van der Waals surface area (Å²) in [7, 11) is 0. The second kappa shape index (κ2) is 6.15. The normalized spacial score (nSPS) is 28.0. The summed E-state index contributed by atoms with van der Waals surface area (Å²) >= 11 is 0. The third kappa shape index (κ3) is 2.99. The summed E-state index contributed by atoms with van der Waals surface area (Å²) in [5.74, 6) is 1.20. The number of hydrogen-bond acceptors (Lipinski definition) is 2. The molecule has 2 aliphatic rings. The predicted molar refractivity (Wildman–Crippen MR) is 79.1 cm³/mol. The van der Waals surface area contributed by atoms with Crippen molar-refractivity contribution >= 4 is 11.8 Å². The molecule has 2 unspecified atom stereocenters. The fourth-order valence-electron chi connectivity index (χ4n) is 3.22. The fourth-order valence-corrected chi connectivity index (χ4v) is 3.22. The lowest BCUT2D eigenvalue weighted by Gasteiger charge is -2.43. The van der Waals surface area contributed by atoms with Crippen LogP contribution in [0.4, 0.5) is 0 Å². The van der Waals surface area contributed by atoms with Crippen molar-refractivity contribution in [2.45, 2.75) is 65.5 Å². The van der Waals surface area contributed by atoms with E-state index in [-0.39, 0.29) is 35.7 Å². The lowest BCUT2D eigenvalue weighted by atomic mass is 9.82. The lowest BCUT2D eigenvalue weighted by molar-refractivity contribution is -0.152. The minimum atomic E-state index is -0.348. The average Bonchev–Trinajstić information content (AvgIpc) is 2.29. The number of rotatable bonds is 5. The van der Waals surface area contributed by atoms with Crippen molar-refractivity contribution in [2.75, 3.05) is 6.54 Å². The Kier molecular flexibility index (Phi) is 4.71. The maximum absolute atomic E-state index is 12.7. The second-order valence-corrected chi connectivity index (χ2v) is 7.04. The van der Waals surface area contributed by atoms with Crippen LogP contribution in [0.2, 0.25) is 0 Å². The first-order valence-corrected chi connectivity index (χ1v) is 8.02. The van der Waals surface area contributed by atoms with Gasteiger partial charge in [0.25, 0.3) is 0 Å². The van der Waals surface area contributed by atoms with Gasteiger partial charge in [0, 0.05) is 6.54 Å². The highest BCUT2D eigenvalue weighted by atomic mass is 16.2. The molecule has 1 aliphatic heterocycles. The summed E-state index contributed by atoms with van der Waals surface area (Å²) in [5, 5.41) is 2.91. The Morgan fingerprint density at radius 2 is 1.80 bits per heavy atom. The van der Waals surface area contributed by atoms with E-state index in [0.29, 0.717) is 0 Å². The van der Waals surface area contributed by atoms with E-state index in [9.17, 15) is 9.59 Å². The molecule has 20 heavy (non-hydrogen) atoms. The summed E-state index contributed by atoms with van der Waals surface area (Å²) in [6.45, 7) is 8.75. The largest absolute Gasteiger partial charge is 0.342 e. The van der Waals surface area contributed by atoms with Gasteiger partial charge in [-0.05, 0) is 24.2 Å². The van der Waals surface area contributed by atoms with Gasteiger partial charge in [-0.25, -0.2) is 0 Å². The van der Waals surface area contributed by atoms with Gasteiger partial charge in [0.05, 0.1) is 0 Å². The Morgan fingerprint density at radius 1 is 1.15 bits per heavy atom. The van der Waals surface area contributed by atoms with Crippen LogP contribution in [-0.2, 0) is 9.59 Å². The molecule has 0 radical (unpaired) electrons. The first kappa shape index (κ1) is 15.3. The molecule has 2 atom stereocenters. The Labute approximate surface area is 122 Å². The Bertz CT molecular complexity index is 375. The summed E-state index contributed by atoms with van der Waals surface area (Å²) in [6.07, 6.45) is 4.94. The van der Waals surface area contributed by atoms with Crippen molar-refractivity contribution in [2.24, 2.45) is 17.8 Å². The lowest BCUT2D eigenvalue weighted by Crippen LogP contribution is -2.66. The standard InChI is InChI=1S/C16H28N2O2/c1-10(2)13-16(20)18(9-8-12-6-5-7-12)14(11(3)4)15(19)17-13/h10-14H,5-9H2,1-4H3,(H,17,19). The van der Waals surface area contributed by atoms with Gasteiger partial charge in [0.1, 0.15) is 12.1 Å². The molecule has 114 valence electrons. The molecule has 2 rings (SSSR count). The number of piperazine rings is 1. The summed E-state index contributed by atoms with van der Waals surface area (Å²) in [5.41, 5.74) is 0. The van der Waals surface area contributed by atoms with Crippen LogP contribution in [0.15, 0.2) is 0 Å². The number of amides is 2. The van der Waals surface area contributed by atoms with Gasteiger partial charge in [-0.3, -0.25) is 9.59 Å². The number of carbonyl (C=O) groups excluding carboxylic acids is 2. The molecule has 1 saturated carbocycles. The molecule has 2 fully saturated rings. The SMILES string of the molecule is CC(C)C1NC(=O)C(C(C)C)N(CCC2CCC2)C1=O. The zero-order chi connectivity index (χ0) is 14.9. The quantitative estimate of drug-likeness (QED) is 0.839. The zero-order valence-electron chi connectivity index (χ0n) is 13.2. The van der Waals surface area contributed by atoms with E-state index in [1.807, 2.05) is 32.6 Å². The Morgan fingerprint density at radius 3 is 2.25 bits per heavy atom. The van der Waals surface area contributed by atoms with Crippen LogP contribution in [0.25, 0.3) is 0 Å². The van der Waals surface area contributed by atoms with E-state index in [1.165, 1.54) is 19.3 Å². The molecule has 0 bridgehead atoms. The molecular formula is C16H28N2O2. The molecule has 0 spiro atoms. The van der Waals surface area contributed by atoms with Crippen LogP contribution in [0.3, 0.4) is 0 Å². The zero-order valence-corrected chi connectivity index (χ0v) is 13.2. The van der Waals surface area contributed by atoms with Gasteiger partial charge >= 0.3 is 0 Å². The highest BCUT2D eigenvalue weighted by Gasteiger charge is 2.42. The molecular weight excluding hydrogens is 252 g/mol. The molecule has 1 saturated heterocycles. The Balaban J connectivity index is 2.10. The monoisotopic (exact) mass is 280 g/mol. The van der Waals surface area contributed by atoms with Crippen LogP contribution >= 0.6 is 0 Å². The predicted octanol–water partition coefficient (Wildman–Crippen LogP) is 2.18. The molecule has 0 aromatic carbocycles. The van der Waals surface area contributed by atoms with Crippen molar-refractivity contribution in [3.05, 3.63) is 0 Å². The van der Waals surface area contributed by atoms with Gasteiger partial charge < -0.3 is 10.2 Å². The first-order valence-electron chi connectivity index (χ1n) is 8.02. The molecule has 1 heterocycles. The number of hydrogen-bond donors (Lipinski definition) is 1. The number of carbonyl (C=O) groups is 2. The smallest absolute Gasteiger partial charge is 0.246 e. The van der Waals surface area contributed by atoms with E-state index < -0.39 is 0 Å². The van der Waals surface area contributed by atoms with E-state index in [1.54, 1.807) is 0 Å². The van der Waals surface area contributed by atoms with Crippen LogP contribution < -0.4 is 5.32 Å². The third-order valence-electron chi connectivity index (χ3n) is 4.75. The molecule has 0 aromatic rings. The van der Waals surface area contributed by atoms with Gasteiger partial charge in [-0.2, -0.15) is 0 Å². The minimum Gasteiger partial charge on any atom is -0.342 e. The average molecular weight is 280 g/mol. The summed E-state index contributed by atoms with van der Waals surface area (Å²) in [6, 6.07) is -0.642. The van der Waals surface area contributed by atoms with Crippen molar-refractivity contribution in [3.63, 3.8) is 0 Å². The van der Waals surface area contributed by atoms with Gasteiger partial charge in [0.15, 0.2) is 0 Å². The van der Waals surface area contributed by atoms with Crippen LogP contribution in [0, 0.1) is 17.8 Å². The van der Waals surface area contributed by atoms with E-state index in [4.69, 9.17) is 0 Å². The molecule has 4 heteroatoms. The maximum atomic E-state index is 12.7. The number of nitrogens with one attached hydrogen (secondary N) is 1. The van der Waals surface area contributed by atoms with Crippen LogP contribution in [0.5, 0.6) is 0 Å². The first-order chi connectivity index (χ1) is 9.41. The molecule has 1 N–H and O–H groups in total. The third-order valence-corrected chi connectivity index (χ3v) is 4.75. The maximum Gasteiger partial charge on any atom is 0.246 e. The highest BCUT2D eigenvalue weighted by Crippen LogP contribution is 2.30. The summed E-state index contributed by atoms with van der Waals surface area (Å²) < 4.78 is 0. The van der Waals surface area contributed by atoms with Gasteiger partial charge in [0.2, 0.25) is 11.8 Å². The van der Waals surface area contributed by atoms with Gasteiger partial charge in [-0.15, -0.1) is 0 Å². The second-order valence-electron chi connectivity index (χ2n) is 7.04. The van der Waals surface area contributed by atoms with Crippen molar-refractivity contribution < 1.29 is 9.59 Å². The molecule has 4 nitrogen and oxygen atoms in total. The van der Waals surface area contributed by atoms with Crippen molar-refractivity contribution in [3.8, 4) is 0 Å². The number of nitrogens with zero attached hydrogens (tertiary/aromatic N) is 1. The fraction of sp³-hybridized carbons (Fsp3) is 0.875.